The molecule has 0 amide bonds. The highest BCUT2D eigenvalue weighted by molar-refractivity contribution is 4.82. The molecule has 0 heterocycles. The van der Waals surface area contributed by atoms with E-state index in [0.29, 0.717) is 5.92 Å². The van der Waals surface area contributed by atoms with Crippen LogP contribution in [0.1, 0.15) is 33.1 Å². The lowest BCUT2D eigenvalue weighted by molar-refractivity contribution is 0.143. The van der Waals surface area contributed by atoms with E-state index in [0.717, 1.165) is 6.42 Å². The van der Waals surface area contributed by atoms with Gasteiger partial charge in [0.05, 0.1) is 6.10 Å². The van der Waals surface area contributed by atoms with Gasteiger partial charge in [0, 0.05) is 5.92 Å². The summed E-state index contributed by atoms with van der Waals surface area (Å²) in [6.45, 7) is 7.65. The van der Waals surface area contributed by atoms with Gasteiger partial charge in [0.1, 0.15) is 0 Å². The smallest absolute Gasteiger partial charge is 0.0574 e. The minimum atomic E-state index is -0.232. The Bertz CT molecular complexity index is 86.7. The molecule has 0 aliphatic carbocycles. The Hall–Kier alpha value is -0.300. The van der Waals surface area contributed by atoms with Crippen LogP contribution in [-0.2, 0) is 0 Å². The maximum absolute atomic E-state index is 9.17. The van der Waals surface area contributed by atoms with E-state index in [2.05, 4.69) is 13.5 Å². The summed E-state index contributed by atoms with van der Waals surface area (Å²) >= 11 is 0. The quantitative estimate of drug-likeness (QED) is 0.584. The van der Waals surface area contributed by atoms with Gasteiger partial charge in [0.2, 0.25) is 0 Å². The van der Waals surface area contributed by atoms with Crippen molar-refractivity contribution in [3.8, 4) is 0 Å². The van der Waals surface area contributed by atoms with Crippen LogP contribution in [0, 0.1) is 5.92 Å². The summed E-state index contributed by atoms with van der Waals surface area (Å²) in [5, 5.41) is 9.17. The second-order valence-electron chi connectivity index (χ2n) is 2.78. The third-order valence-electron chi connectivity index (χ3n) is 1.81. The fraction of sp³-hybridized carbons (Fsp3) is 0.778. The van der Waals surface area contributed by atoms with Gasteiger partial charge in [0.25, 0.3) is 0 Å². The molecule has 10 heavy (non-hydrogen) atoms. The number of hydrogen-bond acceptors (Lipinski definition) is 1. The third-order valence-corrected chi connectivity index (χ3v) is 1.81. The van der Waals surface area contributed by atoms with Crippen molar-refractivity contribution in [1.82, 2.24) is 0 Å². The van der Waals surface area contributed by atoms with Gasteiger partial charge in [-0.15, -0.1) is 6.58 Å². The van der Waals surface area contributed by atoms with Gasteiger partial charge >= 0.3 is 0 Å². The van der Waals surface area contributed by atoms with E-state index in [1.165, 1.54) is 12.8 Å². The Labute approximate surface area is 63.8 Å². The molecule has 0 saturated heterocycles. The lowest BCUT2D eigenvalue weighted by Gasteiger charge is -2.14. The first-order valence-electron chi connectivity index (χ1n) is 4.03. The zero-order valence-electron chi connectivity index (χ0n) is 7.01. The lowest BCUT2D eigenvalue weighted by atomic mass is 9.97. The van der Waals surface area contributed by atoms with Crippen molar-refractivity contribution in [2.75, 3.05) is 0 Å². The van der Waals surface area contributed by atoms with Gasteiger partial charge in [-0.05, 0) is 13.3 Å². The first kappa shape index (κ1) is 9.70. The van der Waals surface area contributed by atoms with Crippen LogP contribution < -0.4 is 0 Å². The van der Waals surface area contributed by atoms with Crippen LogP contribution in [0.25, 0.3) is 0 Å². The molecule has 0 radical (unpaired) electrons. The van der Waals surface area contributed by atoms with Crippen LogP contribution in [0.2, 0.25) is 0 Å². The number of unbranched alkanes of at least 4 members (excludes halogenated alkanes) is 1. The van der Waals surface area contributed by atoms with Crippen LogP contribution in [0.15, 0.2) is 12.7 Å². The molecule has 2 atom stereocenters. The fourth-order valence-corrected chi connectivity index (χ4v) is 0.996. The molecule has 0 aromatic rings. The van der Waals surface area contributed by atoms with E-state index in [9.17, 15) is 0 Å². The molecule has 2 unspecified atom stereocenters. The highest BCUT2D eigenvalue weighted by atomic mass is 16.3. The van der Waals surface area contributed by atoms with E-state index >= 15 is 0 Å². The Morgan fingerprint density at radius 1 is 1.60 bits per heavy atom. The highest BCUT2D eigenvalue weighted by Crippen LogP contribution is 2.13. The van der Waals surface area contributed by atoms with Gasteiger partial charge in [0.15, 0.2) is 0 Å². The number of hydrogen-bond donors (Lipinski definition) is 1. The van der Waals surface area contributed by atoms with Crippen LogP contribution in [0.5, 0.6) is 0 Å². The fourth-order valence-electron chi connectivity index (χ4n) is 0.996. The predicted octanol–water partition coefficient (Wildman–Crippen LogP) is 2.36. The molecular formula is C9H18O. The Kier molecular flexibility index (Phi) is 5.32. The second kappa shape index (κ2) is 5.48. The average molecular weight is 142 g/mol. The third kappa shape index (κ3) is 3.67. The number of aliphatic hydroxyl groups excluding tert-OH is 1. The Balaban J connectivity index is 3.50. The monoisotopic (exact) mass is 142 g/mol. The molecule has 60 valence electrons. The molecule has 0 fully saturated rings. The lowest BCUT2D eigenvalue weighted by Crippen LogP contribution is -2.13. The van der Waals surface area contributed by atoms with Crippen molar-refractivity contribution >= 4 is 0 Å². The van der Waals surface area contributed by atoms with Crippen molar-refractivity contribution in [3.05, 3.63) is 12.7 Å². The average Bonchev–Trinajstić information content (AvgIpc) is 1.89. The molecule has 1 heteroatoms. The molecule has 0 bridgehead atoms. The minimum absolute atomic E-state index is 0.232. The molecule has 0 aliphatic heterocycles. The van der Waals surface area contributed by atoms with Crippen molar-refractivity contribution < 1.29 is 5.11 Å². The maximum Gasteiger partial charge on any atom is 0.0574 e. The Morgan fingerprint density at radius 3 is 2.50 bits per heavy atom. The van der Waals surface area contributed by atoms with Crippen molar-refractivity contribution in [3.63, 3.8) is 0 Å². The summed E-state index contributed by atoms with van der Waals surface area (Å²) in [4.78, 5) is 0. The molecule has 0 aromatic heterocycles. The van der Waals surface area contributed by atoms with Gasteiger partial charge in [-0.25, -0.2) is 0 Å². The summed E-state index contributed by atoms with van der Waals surface area (Å²) in [6, 6.07) is 0. The van der Waals surface area contributed by atoms with E-state index in [4.69, 9.17) is 5.11 Å². The number of rotatable bonds is 5. The van der Waals surface area contributed by atoms with Crippen LogP contribution in [0.4, 0.5) is 0 Å². The topological polar surface area (TPSA) is 20.2 Å². The highest BCUT2D eigenvalue weighted by Gasteiger charge is 2.08. The Morgan fingerprint density at radius 2 is 2.20 bits per heavy atom. The van der Waals surface area contributed by atoms with Crippen molar-refractivity contribution in [2.45, 2.75) is 39.2 Å². The van der Waals surface area contributed by atoms with E-state index in [-0.39, 0.29) is 6.10 Å². The van der Waals surface area contributed by atoms with Crippen LogP contribution in [0.3, 0.4) is 0 Å². The first-order chi connectivity index (χ1) is 4.72. The van der Waals surface area contributed by atoms with Gasteiger partial charge in [-0.1, -0.05) is 25.8 Å². The van der Waals surface area contributed by atoms with Gasteiger partial charge < -0.3 is 5.11 Å². The molecule has 0 saturated carbocycles. The summed E-state index contributed by atoms with van der Waals surface area (Å²) in [5.74, 6) is 0.292. The molecule has 0 spiro atoms. The zero-order chi connectivity index (χ0) is 7.98. The zero-order valence-corrected chi connectivity index (χ0v) is 7.01. The molecule has 0 rings (SSSR count). The van der Waals surface area contributed by atoms with Gasteiger partial charge in [-0.2, -0.15) is 0 Å². The normalized spacial score (nSPS) is 16.3. The van der Waals surface area contributed by atoms with Crippen LogP contribution >= 0.6 is 0 Å². The van der Waals surface area contributed by atoms with E-state index < -0.39 is 0 Å². The standard InChI is InChI=1S/C9H18O/c1-4-6-7-9(5-2)8(3)10/h5,8-10H,2,4,6-7H2,1,3H3. The summed E-state index contributed by atoms with van der Waals surface area (Å²) < 4.78 is 0. The minimum Gasteiger partial charge on any atom is -0.393 e. The van der Waals surface area contributed by atoms with E-state index in [1.54, 1.807) is 0 Å². The maximum atomic E-state index is 9.17. The van der Waals surface area contributed by atoms with Crippen molar-refractivity contribution in [2.24, 2.45) is 5.92 Å². The van der Waals surface area contributed by atoms with Crippen molar-refractivity contribution in [1.29, 1.82) is 0 Å². The predicted molar refractivity (Wildman–Crippen MR) is 44.9 cm³/mol. The van der Waals surface area contributed by atoms with E-state index in [1.807, 2.05) is 13.0 Å². The van der Waals surface area contributed by atoms with Gasteiger partial charge in [-0.3, -0.25) is 0 Å². The molecule has 1 N–H and O–H groups in total. The summed E-state index contributed by atoms with van der Waals surface area (Å²) in [6.07, 6.45) is 5.06. The largest absolute Gasteiger partial charge is 0.393 e. The molecule has 0 aliphatic rings. The second-order valence-corrected chi connectivity index (χ2v) is 2.78. The first-order valence-corrected chi connectivity index (χ1v) is 4.03. The number of aliphatic hydroxyl groups is 1. The summed E-state index contributed by atoms with van der Waals surface area (Å²) in [5.41, 5.74) is 0. The summed E-state index contributed by atoms with van der Waals surface area (Å²) in [7, 11) is 0. The molecular weight excluding hydrogens is 124 g/mol. The SMILES string of the molecule is C=CC(CCCC)C(C)O. The van der Waals surface area contributed by atoms with Crippen LogP contribution in [-0.4, -0.2) is 11.2 Å². The molecule has 1 nitrogen and oxygen atoms in total. The molecule has 0 aromatic carbocycles.